The Kier molecular flexibility index (Phi) is 7.05. The van der Waals surface area contributed by atoms with E-state index in [4.69, 9.17) is 0 Å². The molecule has 0 aliphatic carbocycles. The van der Waals surface area contributed by atoms with E-state index in [1.54, 1.807) is 0 Å². The monoisotopic (exact) mass is 847 g/mol. The molecule has 0 saturated heterocycles. The molecule has 0 amide bonds. The molecule has 13 aromatic rings. The van der Waals surface area contributed by atoms with Gasteiger partial charge in [-0.3, -0.25) is 0 Å². The average Bonchev–Trinajstić information content (AvgIpc) is 4.04. The van der Waals surface area contributed by atoms with E-state index in [0.29, 0.717) is 0 Å². The molecule has 324 valence electrons. The van der Waals surface area contributed by atoms with Gasteiger partial charge < -0.3 is 13.2 Å². The first-order valence-electron chi connectivity index (χ1n) is 24.0. The van der Waals surface area contributed by atoms with Gasteiger partial charge in [-0.2, -0.15) is 0 Å². The molecular formula is C62H61N3. The average molecular weight is 848 g/mol. The molecule has 0 fully saturated rings. The molecule has 65 heavy (non-hydrogen) atoms. The molecule has 0 aliphatic rings. The third-order valence-electron chi connectivity index (χ3n) is 15.7. The Bertz CT molecular complexity index is 4220. The third kappa shape index (κ3) is 4.97. The van der Waals surface area contributed by atoms with Crippen LogP contribution in [0.3, 0.4) is 0 Å². The highest BCUT2D eigenvalue weighted by molar-refractivity contribution is 6.37. The van der Waals surface area contributed by atoms with Crippen LogP contribution in [-0.4, -0.2) is 13.2 Å². The van der Waals surface area contributed by atoms with Gasteiger partial charge in [-0.25, -0.2) is 0 Å². The predicted molar refractivity (Wildman–Crippen MR) is 284 cm³/mol. The van der Waals surface area contributed by atoms with Crippen LogP contribution in [0.1, 0.15) is 132 Å². The van der Waals surface area contributed by atoms with Gasteiger partial charge in [0, 0.05) is 64.6 Å². The molecule has 0 aliphatic heterocycles. The molecule has 6 heterocycles. The minimum atomic E-state index is -0.0183. The molecule has 7 aromatic carbocycles. The molecule has 0 N–H and O–H groups in total. The number of hydrogen-bond donors (Lipinski definition) is 0. The number of fused-ring (bicyclic) bond motifs is 19. The Morgan fingerprint density at radius 1 is 0.231 bits per heavy atom. The Hall–Kier alpha value is -6.06. The van der Waals surface area contributed by atoms with Crippen molar-refractivity contribution in [3.05, 3.63) is 125 Å². The van der Waals surface area contributed by atoms with Crippen LogP contribution >= 0.6 is 0 Å². The molecule has 3 nitrogen and oxygen atoms in total. The third-order valence-corrected chi connectivity index (χ3v) is 15.7. The van der Waals surface area contributed by atoms with Gasteiger partial charge in [0.2, 0.25) is 0 Å². The highest BCUT2D eigenvalue weighted by Crippen LogP contribution is 2.52. The van der Waals surface area contributed by atoms with Crippen LogP contribution in [0.25, 0.3) is 114 Å². The van der Waals surface area contributed by atoms with Crippen molar-refractivity contribution in [3.8, 4) is 0 Å². The zero-order chi connectivity index (χ0) is 45.6. The molecule has 3 heteroatoms. The lowest BCUT2D eigenvalue weighted by atomic mass is 9.84. The maximum absolute atomic E-state index is 2.66. The van der Waals surface area contributed by atoms with Gasteiger partial charge in [0.25, 0.3) is 0 Å². The van der Waals surface area contributed by atoms with Crippen molar-refractivity contribution in [1.82, 2.24) is 13.2 Å². The van der Waals surface area contributed by atoms with Gasteiger partial charge in [-0.05, 0) is 134 Å². The largest absolute Gasteiger partial charge is 0.308 e. The normalized spacial score (nSPS) is 14.4. The second kappa shape index (κ2) is 11.7. The molecule has 13 rings (SSSR count). The zero-order valence-corrected chi connectivity index (χ0v) is 41.1. The van der Waals surface area contributed by atoms with Crippen molar-refractivity contribution >= 4 is 114 Å². The molecule has 0 saturated carbocycles. The van der Waals surface area contributed by atoms with E-state index in [-0.39, 0.29) is 27.1 Å². The van der Waals surface area contributed by atoms with Crippen molar-refractivity contribution < 1.29 is 0 Å². The lowest BCUT2D eigenvalue weighted by Gasteiger charge is -2.20. The molecule has 0 unspecified atom stereocenters. The second-order valence-corrected chi connectivity index (χ2v) is 25.2. The summed E-state index contributed by atoms with van der Waals surface area (Å²) in [6.45, 7) is 35.2. The highest BCUT2D eigenvalue weighted by Gasteiger charge is 2.31. The maximum atomic E-state index is 2.66. The Morgan fingerprint density at radius 3 is 0.938 bits per heavy atom. The van der Waals surface area contributed by atoms with Crippen molar-refractivity contribution in [2.45, 2.75) is 131 Å². The first kappa shape index (κ1) is 39.3. The van der Waals surface area contributed by atoms with Gasteiger partial charge in [0.1, 0.15) is 0 Å². The Labute approximate surface area is 381 Å². The SMILES string of the molecule is CC(C)(C)c1ccc2c(c1)c1cc(C(C)(C)C)cc3c4cc5c(cc4n2c13)c1cc2c3cc(C(C)(C)C)cc4c6cc(C(C)(C)C)ccc6n(c43)c2c2c3cc(C(C)(C)C)ccc3n5c12. The number of rotatable bonds is 0. The van der Waals surface area contributed by atoms with E-state index in [1.165, 1.54) is 142 Å². The lowest BCUT2D eigenvalue weighted by Crippen LogP contribution is -2.11. The number of nitrogens with zero attached hydrogens (tertiary/aromatic N) is 3. The summed E-state index contributed by atoms with van der Waals surface area (Å²) in [7, 11) is 0. The van der Waals surface area contributed by atoms with Crippen LogP contribution in [0.5, 0.6) is 0 Å². The summed E-state index contributed by atoms with van der Waals surface area (Å²) in [6, 6.07) is 39.6. The van der Waals surface area contributed by atoms with E-state index >= 15 is 0 Å². The maximum Gasteiger partial charge on any atom is 0.0642 e. The smallest absolute Gasteiger partial charge is 0.0642 e. The summed E-state index contributed by atoms with van der Waals surface area (Å²) in [4.78, 5) is 0. The van der Waals surface area contributed by atoms with Crippen LogP contribution in [0.4, 0.5) is 0 Å². The Balaban J connectivity index is 1.27. The van der Waals surface area contributed by atoms with E-state index in [0.717, 1.165) is 0 Å². The van der Waals surface area contributed by atoms with Gasteiger partial charge in [-0.15, -0.1) is 0 Å². The van der Waals surface area contributed by atoms with E-state index < -0.39 is 0 Å². The van der Waals surface area contributed by atoms with Crippen LogP contribution in [0.15, 0.2) is 97.1 Å². The topological polar surface area (TPSA) is 13.2 Å². The predicted octanol–water partition coefficient (Wildman–Crippen LogP) is 17.6. The van der Waals surface area contributed by atoms with Crippen molar-refractivity contribution in [2.75, 3.05) is 0 Å². The summed E-state index contributed by atoms with van der Waals surface area (Å²) in [6.07, 6.45) is 0. The summed E-state index contributed by atoms with van der Waals surface area (Å²) in [5.74, 6) is 0. The van der Waals surface area contributed by atoms with Crippen molar-refractivity contribution in [1.29, 1.82) is 0 Å². The lowest BCUT2D eigenvalue weighted by molar-refractivity contribution is 0.590. The van der Waals surface area contributed by atoms with Gasteiger partial charge in [-0.1, -0.05) is 122 Å². The standard InChI is InChI=1S/C62H61N3/c1-58(2,3)32-16-19-48-37(22-32)41-25-35(61(10,11)12)27-43-39-30-52-40(31-51(39)63(48)54(41)43)45-29-46-44-28-36(62(13,14)15)26-42-38-23-33(59(4,5)6)17-20-49(38)65(55(42)44)57(46)53-47-24-34(60(7,8)9)18-21-50(47)64(52)56(45)53/h16-31H,1-15H3. The molecule has 0 spiro atoms. The van der Waals surface area contributed by atoms with Crippen LogP contribution in [0.2, 0.25) is 0 Å². The second-order valence-electron chi connectivity index (χ2n) is 25.2. The molecule has 0 bridgehead atoms. The fourth-order valence-corrected chi connectivity index (χ4v) is 11.9. The van der Waals surface area contributed by atoms with Crippen LogP contribution in [0, 0.1) is 0 Å². The van der Waals surface area contributed by atoms with Crippen molar-refractivity contribution in [2.24, 2.45) is 0 Å². The van der Waals surface area contributed by atoms with Gasteiger partial charge in [0.15, 0.2) is 0 Å². The van der Waals surface area contributed by atoms with Gasteiger partial charge in [0.05, 0.1) is 49.7 Å². The Morgan fingerprint density at radius 2 is 0.508 bits per heavy atom. The summed E-state index contributed by atoms with van der Waals surface area (Å²) >= 11 is 0. The fourth-order valence-electron chi connectivity index (χ4n) is 11.9. The molecule has 0 atom stereocenters. The highest BCUT2D eigenvalue weighted by atomic mass is 15.0. The number of benzene rings is 7. The molecule has 6 aromatic heterocycles. The summed E-state index contributed by atoms with van der Waals surface area (Å²) in [5.41, 5.74) is 18.7. The minimum Gasteiger partial charge on any atom is -0.308 e. The van der Waals surface area contributed by atoms with Crippen LogP contribution in [-0.2, 0) is 27.1 Å². The van der Waals surface area contributed by atoms with E-state index in [1.807, 2.05) is 0 Å². The zero-order valence-electron chi connectivity index (χ0n) is 41.1. The number of aromatic nitrogens is 3. The van der Waals surface area contributed by atoms with E-state index in [2.05, 4.69) is 214 Å². The van der Waals surface area contributed by atoms with E-state index in [9.17, 15) is 0 Å². The molecular weight excluding hydrogens is 787 g/mol. The molecule has 0 radical (unpaired) electrons. The summed E-state index contributed by atoms with van der Waals surface area (Å²) < 4.78 is 7.89. The number of hydrogen-bond acceptors (Lipinski definition) is 0. The first-order valence-corrected chi connectivity index (χ1v) is 24.0. The van der Waals surface area contributed by atoms with Crippen LogP contribution < -0.4 is 0 Å². The van der Waals surface area contributed by atoms with Crippen molar-refractivity contribution in [3.63, 3.8) is 0 Å². The fraction of sp³-hybridized carbons (Fsp3) is 0.323. The first-order chi connectivity index (χ1) is 30.4. The minimum absolute atomic E-state index is 0.000916. The van der Waals surface area contributed by atoms with Gasteiger partial charge >= 0.3 is 0 Å². The summed E-state index contributed by atoms with van der Waals surface area (Å²) in [5, 5.41) is 16.1. The quantitative estimate of drug-likeness (QED) is 0.144.